The van der Waals surface area contributed by atoms with Crippen LogP contribution in [0, 0.1) is 0 Å². The minimum absolute atomic E-state index is 0.210. The highest BCUT2D eigenvalue weighted by Gasteiger charge is 2.21. The third kappa shape index (κ3) is 3.98. The number of hydrogen-bond donors (Lipinski definition) is 1. The number of nitrogens with one attached hydrogen (secondary N) is 1. The Balaban J connectivity index is 1.70. The van der Waals surface area contributed by atoms with Crippen molar-refractivity contribution in [1.82, 2.24) is 9.78 Å². The van der Waals surface area contributed by atoms with Gasteiger partial charge in [0.1, 0.15) is 6.04 Å². The van der Waals surface area contributed by atoms with E-state index in [1.54, 1.807) is 13.0 Å². The van der Waals surface area contributed by atoms with E-state index in [0.717, 1.165) is 49.0 Å². The molecule has 25 heavy (non-hydrogen) atoms. The molecule has 0 radical (unpaired) electrons. The van der Waals surface area contributed by atoms with E-state index >= 15 is 0 Å². The third-order valence-corrected chi connectivity index (χ3v) is 4.77. The summed E-state index contributed by atoms with van der Waals surface area (Å²) in [6.07, 6.45) is 6.19. The van der Waals surface area contributed by atoms with Gasteiger partial charge in [-0.15, -0.1) is 0 Å². The first-order chi connectivity index (χ1) is 12.1. The summed E-state index contributed by atoms with van der Waals surface area (Å²) < 4.78 is 1.30. The first-order valence-electron chi connectivity index (χ1n) is 9.10. The highest BCUT2D eigenvalue weighted by atomic mass is 16.2. The van der Waals surface area contributed by atoms with Crippen molar-refractivity contribution in [2.24, 2.45) is 0 Å². The molecule has 1 aliphatic rings. The number of aryl methyl sites for hydroxylation is 3. The largest absolute Gasteiger partial charge is 0.324 e. The van der Waals surface area contributed by atoms with Crippen LogP contribution < -0.4 is 10.9 Å². The zero-order valence-corrected chi connectivity index (χ0v) is 14.9. The molecule has 1 N–H and O–H groups in total. The van der Waals surface area contributed by atoms with Gasteiger partial charge in [-0.2, -0.15) is 5.10 Å². The van der Waals surface area contributed by atoms with Crippen LogP contribution in [0.25, 0.3) is 0 Å². The molecule has 1 aliphatic carbocycles. The minimum Gasteiger partial charge on any atom is -0.324 e. The first kappa shape index (κ1) is 17.4. The summed E-state index contributed by atoms with van der Waals surface area (Å²) in [5.74, 6) is -0.228. The highest BCUT2D eigenvalue weighted by molar-refractivity contribution is 5.93. The van der Waals surface area contributed by atoms with Gasteiger partial charge < -0.3 is 5.32 Å². The monoisotopic (exact) mass is 339 g/mol. The average Bonchev–Trinajstić information content (AvgIpc) is 3.07. The van der Waals surface area contributed by atoms with Gasteiger partial charge in [0.2, 0.25) is 5.91 Å². The number of amides is 1. The summed E-state index contributed by atoms with van der Waals surface area (Å²) in [6.45, 7) is 3.88. The molecule has 1 unspecified atom stereocenters. The Morgan fingerprint density at radius 3 is 2.76 bits per heavy atom. The lowest BCUT2D eigenvalue weighted by Crippen LogP contribution is -2.33. The summed E-state index contributed by atoms with van der Waals surface area (Å²) in [4.78, 5) is 24.8. The minimum atomic E-state index is -0.641. The molecule has 0 bridgehead atoms. The number of fused-ring (bicyclic) bond motifs is 1. The second kappa shape index (κ2) is 7.64. The van der Waals surface area contributed by atoms with Crippen molar-refractivity contribution in [3.63, 3.8) is 0 Å². The predicted molar refractivity (Wildman–Crippen MR) is 98.9 cm³/mol. The smallest absolute Gasteiger partial charge is 0.267 e. The fraction of sp³-hybridized carbons (Fsp3) is 0.450. The quantitative estimate of drug-likeness (QED) is 0.878. The van der Waals surface area contributed by atoms with E-state index in [2.05, 4.69) is 17.3 Å². The van der Waals surface area contributed by atoms with Crippen LogP contribution in [0.4, 0.5) is 5.69 Å². The van der Waals surface area contributed by atoms with Crippen LogP contribution in [-0.2, 0) is 24.1 Å². The van der Waals surface area contributed by atoms with Crippen molar-refractivity contribution in [2.45, 2.75) is 58.4 Å². The van der Waals surface area contributed by atoms with Crippen molar-refractivity contribution in [1.29, 1.82) is 0 Å². The van der Waals surface area contributed by atoms with Crippen LogP contribution in [0.2, 0.25) is 0 Å². The standard InChI is InChI=1S/C20H25N3O2/c1-3-4-6-15-9-11-17(12-10-15)21-20(25)14(2)23-19(24)13-16-7-5-8-18(16)22-23/h9-14H,3-8H2,1-2H3,(H,21,25). The lowest BCUT2D eigenvalue weighted by molar-refractivity contribution is -0.119. The number of nitrogens with zero attached hydrogens (tertiary/aromatic N) is 2. The Bertz CT molecular complexity index is 809. The van der Waals surface area contributed by atoms with Gasteiger partial charge in [-0.1, -0.05) is 25.5 Å². The van der Waals surface area contributed by atoms with Crippen molar-refractivity contribution in [3.8, 4) is 0 Å². The Kier molecular flexibility index (Phi) is 5.31. The van der Waals surface area contributed by atoms with E-state index in [0.29, 0.717) is 0 Å². The molecule has 0 saturated carbocycles. The summed E-state index contributed by atoms with van der Waals surface area (Å²) in [6, 6.07) is 8.88. The summed E-state index contributed by atoms with van der Waals surface area (Å²) in [5.41, 5.74) is 3.77. The van der Waals surface area contributed by atoms with E-state index in [-0.39, 0.29) is 11.5 Å². The summed E-state index contributed by atoms with van der Waals surface area (Å²) in [7, 11) is 0. The van der Waals surface area contributed by atoms with E-state index in [9.17, 15) is 9.59 Å². The lowest BCUT2D eigenvalue weighted by Gasteiger charge is -2.15. The Morgan fingerprint density at radius 2 is 2.04 bits per heavy atom. The zero-order chi connectivity index (χ0) is 17.8. The highest BCUT2D eigenvalue weighted by Crippen LogP contribution is 2.18. The number of benzene rings is 1. The maximum absolute atomic E-state index is 12.5. The van der Waals surface area contributed by atoms with Gasteiger partial charge in [-0.3, -0.25) is 9.59 Å². The maximum Gasteiger partial charge on any atom is 0.267 e. The molecule has 1 aromatic carbocycles. The molecule has 5 heteroatoms. The topological polar surface area (TPSA) is 64.0 Å². The Hall–Kier alpha value is -2.43. The zero-order valence-electron chi connectivity index (χ0n) is 14.9. The van der Waals surface area contributed by atoms with E-state index in [1.165, 1.54) is 16.7 Å². The molecule has 3 rings (SSSR count). The molecule has 0 aliphatic heterocycles. The van der Waals surface area contributed by atoms with Crippen LogP contribution >= 0.6 is 0 Å². The molecule has 0 spiro atoms. The molecule has 5 nitrogen and oxygen atoms in total. The van der Waals surface area contributed by atoms with Crippen LogP contribution in [-0.4, -0.2) is 15.7 Å². The Labute approximate surface area is 148 Å². The number of carbonyl (C=O) groups is 1. The van der Waals surface area contributed by atoms with Crippen molar-refractivity contribution in [3.05, 3.63) is 57.5 Å². The lowest BCUT2D eigenvalue weighted by atomic mass is 10.1. The van der Waals surface area contributed by atoms with E-state index in [1.807, 2.05) is 24.3 Å². The van der Waals surface area contributed by atoms with Gasteiger partial charge in [0, 0.05) is 11.8 Å². The number of unbranched alkanes of at least 4 members (excludes halogenated alkanes) is 1. The fourth-order valence-electron chi connectivity index (χ4n) is 3.19. The van der Waals surface area contributed by atoms with Crippen LogP contribution in [0.3, 0.4) is 0 Å². The third-order valence-electron chi connectivity index (χ3n) is 4.77. The van der Waals surface area contributed by atoms with E-state index < -0.39 is 6.04 Å². The van der Waals surface area contributed by atoms with Gasteiger partial charge >= 0.3 is 0 Å². The normalized spacial score (nSPS) is 14.2. The SMILES string of the molecule is CCCCc1ccc(NC(=O)C(C)n2nc3c(cc2=O)CCC3)cc1. The van der Waals surface area contributed by atoms with Crippen LogP contribution in [0.15, 0.2) is 35.1 Å². The van der Waals surface area contributed by atoms with E-state index in [4.69, 9.17) is 0 Å². The van der Waals surface area contributed by atoms with Crippen molar-refractivity contribution < 1.29 is 4.79 Å². The molecule has 1 aromatic heterocycles. The van der Waals surface area contributed by atoms with Gasteiger partial charge in [0.15, 0.2) is 0 Å². The predicted octanol–water partition coefficient (Wildman–Crippen LogP) is 3.27. The summed E-state index contributed by atoms with van der Waals surface area (Å²) in [5, 5.41) is 7.29. The van der Waals surface area contributed by atoms with Gasteiger partial charge in [-0.25, -0.2) is 4.68 Å². The van der Waals surface area contributed by atoms with Gasteiger partial charge in [-0.05, 0) is 62.3 Å². The Morgan fingerprint density at radius 1 is 1.28 bits per heavy atom. The van der Waals surface area contributed by atoms with Crippen LogP contribution in [0.5, 0.6) is 0 Å². The molecule has 0 fully saturated rings. The first-order valence-corrected chi connectivity index (χ1v) is 9.10. The number of aromatic nitrogens is 2. The van der Waals surface area contributed by atoms with Gasteiger partial charge in [0.25, 0.3) is 5.56 Å². The van der Waals surface area contributed by atoms with Gasteiger partial charge in [0.05, 0.1) is 5.69 Å². The molecule has 1 amide bonds. The van der Waals surface area contributed by atoms with Crippen molar-refractivity contribution in [2.75, 3.05) is 5.32 Å². The molecule has 1 heterocycles. The fourth-order valence-corrected chi connectivity index (χ4v) is 3.19. The molecule has 132 valence electrons. The summed E-state index contributed by atoms with van der Waals surface area (Å²) >= 11 is 0. The number of hydrogen-bond acceptors (Lipinski definition) is 3. The number of carbonyl (C=O) groups excluding carboxylic acids is 1. The number of rotatable bonds is 6. The molecular formula is C20H25N3O2. The maximum atomic E-state index is 12.5. The second-order valence-electron chi connectivity index (χ2n) is 6.72. The van der Waals surface area contributed by atoms with Crippen molar-refractivity contribution >= 4 is 11.6 Å². The van der Waals surface area contributed by atoms with Crippen LogP contribution in [0.1, 0.15) is 56.0 Å². The molecular weight excluding hydrogens is 314 g/mol. The molecule has 2 aromatic rings. The number of anilines is 1. The molecule has 1 atom stereocenters. The second-order valence-corrected chi connectivity index (χ2v) is 6.72. The average molecular weight is 339 g/mol. The molecule has 0 saturated heterocycles.